The first-order chi connectivity index (χ1) is 14.4. The first kappa shape index (κ1) is 21.2. The summed E-state index contributed by atoms with van der Waals surface area (Å²) in [6.07, 6.45) is -3.90. The minimum absolute atomic E-state index is 0.207. The molecule has 3 aromatic rings. The summed E-state index contributed by atoms with van der Waals surface area (Å²) in [6.45, 7) is 0.745. The van der Waals surface area contributed by atoms with Crippen LogP contribution in [-0.4, -0.2) is 17.4 Å². The highest BCUT2D eigenvalue weighted by Gasteiger charge is 2.32. The molecule has 0 spiro atoms. The second-order valence-electron chi connectivity index (χ2n) is 6.74. The number of carbonyl (C=O) groups excluding carboxylic acids is 1. The molecule has 1 amide bonds. The zero-order valence-electron chi connectivity index (χ0n) is 16.2. The molecule has 0 unspecified atom stereocenters. The average Bonchev–Trinajstić information content (AvgIpc) is 2.76. The van der Waals surface area contributed by atoms with Crippen LogP contribution in [0, 0.1) is 11.8 Å². The summed E-state index contributed by atoms with van der Waals surface area (Å²) in [5.41, 5.74) is 0.945. The van der Waals surface area contributed by atoms with Crippen LogP contribution < -0.4 is 0 Å². The minimum Gasteiger partial charge on any atom is -0.327 e. The van der Waals surface area contributed by atoms with Crippen molar-refractivity contribution in [3.63, 3.8) is 0 Å². The highest BCUT2D eigenvalue weighted by Crippen LogP contribution is 2.31. The molecule has 0 atom stereocenters. The summed E-state index contributed by atoms with van der Waals surface area (Å²) in [4.78, 5) is 14.3. The van der Waals surface area contributed by atoms with Crippen molar-refractivity contribution in [3.8, 4) is 11.8 Å². The van der Waals surface area contributed by atoms with Crippen molar-refractivity contribution in [2.75, 3.05) is 6.54 Å². The molecule has 3 rings (SSSR count). The van der Waals surface area contributed by atoms with Gasteiger partial charge in [-0.2, -0.15) is 13.2 Å². The molecule has 0 N–H and O–H groups in total. The summed E-state index contributed by atoms with van der Waals surface area (Å²) in [7, 11) is 0. The molecule has 5 heteroatoms. The molecule has 0 saturated carbocycles. The van der Waals surface area contributed by atoms with Gasteiger partial charge in [-0.15, -0.1) is 0 Å². The van der Waals surface area contributed by atoms with Gasteiger partial charge in [-0.05, 0) is 29.7 Å². The van der Waals surface area contributed by atoms with E-state index in [-0.39, 0.29) is 5.56 Å². The van der Waals surface area contributed by atoms with E-state index in [1.54, 1.807) is 4.90 Å². The Balaban J connectivity index is 1.81. The van der Waals surface area contributed by atoms with Crippen molar-refractivity contribution < 1.29 is 18.0 Å². The van der Waals surface area contributed by atoms with Gasteiger partial charge in [-0.3, -0.25) is 4.79 Å². The predicted octanol–water partition coefficient (Wildman–Crippen LogP) is 5.33. The fraction of sp³-hybridized carbons (Fsp3) is 0.160. The zero-order chi connectivity index (χ0) is 21.4. The molecular weight excluding hydrogens is 387 g/mol. The van der Waals surface area contributed by atoms with Gasteiger partial charge in [0, 0.05) is 24.6 Å². The molecule has 152 valence electrons. The second-order valence-corrected chi connectivity index (χ2v) is 6.74. The van der Waals surface area contributed by atoms with Crippen LogP contribution >= 0.6 is 0 Å². The fourth-order valence-corrected chi connectivity index (χ4v) is 3.00. The normalized spacial score (nSPS) is 10.8. The Morgan fingerprint density at radius 2 is 1.37 bits per heavy atom. The Bertz CT molecular complexity index is 1030. The van der Waals surface area contributed by atoms with Gasteiger partial charge in [0.05, 0.1) is 5.56 Å². The molecular formula is C25H20F3NO. The summed E-state index contributed by atoms with van der Waals surface area (Å²) in [6, 6.07) is 24.1. The highest BCUT2D eigenvalue weighted by molar-refractivity contribution is 5.94. The summed E-state index contributed by atoms with van der Waals surface area (Å²) in [5, 5.41) is 0. The third kappa shape index (κ3) is 5.99. The van der Waals surface area contributed by atoms with Crippen molar-refractivity contribution >= 4 is 5.91 Å². The zero-order valence-corrected chi connectivity index (χ0v) is 16.2. The monoisotopic (exact) mass is 407 g/mol. The Hall–Kier alpha value is -3.52. The van der Waals surface area contributed by atoms with Crippen molar-refractivity contribution in [3.05, 3.63) is 107 Å². The van der Waals surface area contributed by atoms with Crippen LogP contribution in [0.5, 0.6) is 0 Å². The Morgan fingerprint density at radius 1 is 0.800 bits per heavy atom. The minimum atomic E-state index is -4.52. The highest BCUT2D eigenvalue weighted by atomic mass is 19.4. The standard InChI is InChI=1S/C25H20F3NO/c26-25(27,28)23-14-8-7-13-22(23)15-16-24(30)29(19-21-11-5-2-6-12-21)18-17-20-9-3-1-4-10-20/h1-14H,17-19H2. The third-order valence-corrected chi connectivity index (χ3v) is 4.55. The Labute approximate surface area is 174 Å². The molecule has 0 aliphatic heterocycles. The first-order valence-corrected chi connectivity index (χ1v) is 9.48. The van der Waals surface area contributed by atoms with Crippen LogP contribution in [0.4, 0.5) is 13.2 Å². The van der Waals surface area contributed by atoms with Gasteiger partial charge in [0.25, 0.3) is 5.91 Å². The largest absolute Gasteiger partial charge is 0.417 e. The van der Waals surface area contributed by atoms with Crippen LogP contribution in [-0.2, 0) is 23.9 Å². The van der Waals surface area contributed by atoms with Gasteiger partial charge in [0.15, 0.2) is 0 Å². The maximum absolute atomic E-state index is 13.2. The van der Waals surface area contributed by atoms with E-state index < -0.39 is 17.6 Å². The molecule has 3 aromatic carbocycles. The van der Waals surface area contributed by atoms with Crippen LogP contribution in [0.25, 0.3) is 0 Å². The van der Waals surface area contributed by atoms with Crippen molar-refractivity contribution in [2.24, 2.45) is 0 Å². The van der Waals surface area contributed by atoms with E-state index in [4.69, 9.17) is 0 Å². The maximum atomic E-state index is 13.2. The van der Waals surface area contributed by atoms with Gasteiger partial charge in [0.1, 0.15) is 0 Å². The van der Waals surface area contributed by atoms with Crippen LogP contribution in [0.3, 0.4) is 0 Å². The van der Waals surface area contributed by atoms with Crippen LogP contribution in [0.1, 0.15) is 22.3 Å². The number of carbonyl (C=O) groups is 1. The smallest absolute Gasteiger partial charge is 0.327 e. The number of benzene rings is 3. The second kappa shape index (κ2) is 9.80. The van der Waals surface area contributed by atoms with Gasteiger partial charge in [0.2, 0.25) is 0 Å². The predicted molar refractivity (Wildman–Crippen MR) is 110 cm³/mol. The van der Waals surface area contributed by atoms with E-state index >= 15 is 0 Å². The van der Waals surface area contributed by atoms with Gasteiger partial charge in [-0.25, -0.2) is 0 Å². The van der Waals surface area contributed by atoms with Gasteiger partial charge in [-0.1, -0.05) is 78.7 Å². The van der Waals surface area contributed by atoms with E-state index in [9.17, 15) is 18.0 Å². The number of hydrogen-bond acceptors (Lipinski definition) is 1. The molecule has 0 fully saturated rings. The molecule has 0 aliphatic rings. The van der Waals surface area contributed by atoms with E-state index in [0.29, 0.717) is 19.5 Å². The number of rotatable bonds is 5. The maximum Gasteiger partial charge on any atom is 0.417 e. The van der Waals surface area contributed by atoms with Crippen LogP contribution in [0.15, 0.2) is 84.9 Å². The molecule has 30 heavy (non-hydrogen) atoms. The van der Waals surface area contributed by atoms with Crippen molar-refractivity contribution in [1.29, 1.82) is 0 Å². The number of nitrogens with zero attached hydrogens (tertiary/aromatic N) is 1. The third-order valence-electron chi connectivity index (χ3n) is 4.55. The summed E-state index contributed by atoms with van der Waals surface area (Å²) >= 11 is 0. The van der Waals surface area contributed by atoms with Gasteiger partial charge < -0.3 is 4.90 Å². The average molecular weight is 407 g/mol. The van der Waals surface area contributed by atoms with Crippen molar-refractivity contribution in [2.45, 2.75) is 19.1 Å². The number of alkyl halides is 3. The van der Waals surface area contributed by atoms with Crippen LogP contribution in [0.2, 0.25) is 0 Å². The lowest BCUT2D eigenvalue weighted by molar-refractivity contribution is -0.137. The number of amides is 1. The molecule has 0 radical (unpaired) electrons. The Morgan fingerprint density at radius 3 is 2.00 bits per heavy atom. The van der Waals surface area contributed by atoms with Crippen molar-refractivity contribution in [1.82, 2.24) is 4.90 Å². The fourth-order valence-electron chi connectivity index (χ4n) is 3.00. The number of hydrogen-bond donors (Lipinski definition) is 0. The summed E-state index contributed by atoms with van der Waals surface area (Å²) < 4.78 is 39.5. The lowest BCUT2D eigenvalue weighted by Gasteiger charge is -2.20. The quantitative estimate of drug-likeness (QED) is 0.524. The topological polar surface area (TPSA) is 20.3 Å². The molecule has 2 nitrogen and oxygen atoms in total. The van der Waals surface area contributed by atoms with Gasteiger partial charge >= 0.3 is 6.18 Å². The molecule has 0 bridgehead atoms. The lowest BCUT2D eigenvalue weighted by atomic mass is 10.1. The van der Waals surface area contributed by atoms with E-state index in [1.165, 1.54) is 18.2 Å². The summed E-state index contributed by atoms with van der Waals surface area (Å²) in [5.74, 6) is 4.32. The molecule has 0 saturated heterocycles. The Kier molecular flexibility index (Phi) is 6.92. The van der Waals surface area contributed by atoms with E-state index in [1.807, 2.05) is 60.7 Å². The number of halogens is 3. The molecule has 0 aromatic heterocycles. The lowest BCUT2D eigenvalue weighted by Crippen LogP contribution is -2.31. The van der Waals surface area contributed by atoms with E-state index in [2.05, 4.69) is 11.8 Å². The molecule has 0 aliphatic carbocycles. The van der Waals surface area contributed by atoms with E-state index in [0.717, 1.165) is 17.2 Å². The molecule has 0 heterocycles. The SMILES string of the molecule is O=C(C#Cc1ccccc1C(F)(F)F)N(CCc1ccccc1)Cc1ccccc1. The first-order valence-electron chi connectivity index (χ1n) is 9.48.